The van der Waals surface area contributed by atoms with Crippen LogP contribution in [-0.2, 0) is 25.5 Å². The first-order chi connectivity index (χ1) is 11.5. The van der Waals surface area contributed by atoms with Gasteiger partial charge in [0, 0.05) is 31.3 Å². The fourth-order valence-electron chi connectivity index (χ4n) is 2.95. The van der Waals surface area contributed by atoms with Gasteiger partial charge in [-0.15, -0.1) is 0 Å². The average Bonchev–Trinajstić information content (AvgIpc) is 3.08. The Bertz CT molecular complexity index is 728. The zero-order valence-corrected chi connectivity index (χ0v) is 13.4. The number of hydrogen-bond acceptors (Lipinski definition) is 5. The predicted molar refractivity (Wildman–Crippen MR) is 84.7 cm³/mol. The zero-order valence-electron chi connectivity index (χ0n) is 13.4. The molecule has 0 radical (unpaired) electrons. The number of ether oxygens (including phenoxy) is 1. The topological polar surface area (TPSA) is 84.0 Å². The van der Waals surface area contributed by atoms with E-state index in [0.717, 1.165) is 17.7 Å². The maximum atomic E-state index is 12.2. The van der Waals surface area contributed by atoms with Gasteiger partial charge in [0.2, 0.25) is 11.8 Å². The van der Waals surface area contributed by atoms with Crippen molar-refractivity contribution in [3.63, 3.8) is 0 Å². The molecule has 0 spiro atoms. The lowest BCUT2D eigenvalue weighted by Gasteiger charge is -2.14. The van der Waals surface area contributed by atoms with Gasteiger partial charge in [0.1, 0.15) is 6.54 Å². The highest BCUT2D eigenvalue weighted by molar-refractivity contribution is 6.04. The fraction of sp³-hybridized carbons (Fsp3) is 0.412. The van der Waals surface area contributed by atoms with E-state index < -0.39 is 5.97 Å². The van der Waals surface area contributed by atoms with Gasteiger partial charge in [-0.1, -0.05) is 0 Å². The molecule has 24 heavy (non-hydrogen) atoms. The molecule has 3 rings (SSSR count). The van der Waals surface area contributed by atoms with Gasteiger partial charge in [-0.3, -0.25) is 19.2 Å². The number of carbonyl (C=O) groups is 4. The summed E-state index contributed by atoms with van der Waals surface area (Å²) in [5.74, 6) is -1.00. The summed E-state index contributed by atoms with van der Waals surface area (Å²) in [5.41, 5.74) is 1.99. The number of nitrogens with zero attached hydrogens (tertiary/aromatic N) is 2. The largest absolute Gasteiger partial charge is 0.456 e. The van der Waals surface area contributed by atoms with Crippen LogP contribution < -0.4 is 4.90 Å². The van der Waals surface area contributed by atoms with E-state index >= 15 is 0 Å². The molecular weight excluding hydrogens is 312 g/mol. The molecule has 0 N–H and O–H groups in total. The molecule has 1 aromatic carbocycles. The number of Topliss-reactive ketones (excluding diaryl/α,β-unsaturated/α-hetero) is 1. The number of esters is 1. The predicted octanol–water partition coefficient (Wildman–Crippen LogP) is 0.554. The summed E-state index contributed by atoms with van der Waals surface area (Å²) in [6, 6.07) is 5.00. The number of likely N-dealkylation sites (N-methyl/N-ethyl adjacent to an activating group) is 1. The zero-order chi connectivity index (χ0) is 17.3. The van der Waals surface area contributed by atoms with E-state index in [1.165, 1.54) is 4.90 Å². The average molecular weight is 330 g/mol. The van der Waals surface area contributed by atoms with Crippen LogP contribution in [0.2, 0.25) is 0 Å². The maximum absolute atomic E-state index is 12.2. The molecule has 0 aromatic heterocycles. The summed E-state index contributed by atoms with van der Waals surface area (Å²) < 4.78 is 4.97. The third-order valence-corrected chi connectivity index (χ3v) is 4.33. The molecule has 0 unspecified atom stereocenters. The van der Waals surface area contributed by atoms with Crippen molar-refractivity contribution in [1.29, 1.82) is 0 Å². The molecule has 7 nitrogen and oxygen atoms in total. The van der Waals surface area contributed by atoms with Gasteiger partial charge in [-0.25, -0.2) is 0 Å². The van der Waals surface area contributed by atoms with Gasteiger partial charge < -0.3 is 14.5 Å². The molecule has 126 valence electrons. The molecule has 2 aliphatic heterocycles. The van der Waals surface area contributed by atoms with Crippen LogP contribution in [-0.4, -0.2) is 55.2 Å². The lowest BCUT2D eigenvalue weighted by molar-refractivity contribution is -0.147. The minimum atomic E-state index is -0.588. The minimum Gasteiger partial charge on any atom is -0.456 e. The third kappa shape index (κ3) is 3.15. The molecule has 1 aromatic rings. The van der Waals surface area contributed by atoms with Crippen molar-refractivity contribution in [2.75, 3.05) is 31.6 Å². The molecule has 0 bridgehead atoms. The summed E-state index contributed by atoms with van der Waals surface area (Å²) in [6.07, 6.45) is 1.46. The number of anilines is 1. The Hall–Kier alpha value is -2.70. The van der Waals surface area contributed by atoms with Crippen LogP contribution in [0.4, 0.5) is 5.69 Å². The standard InChI is InChI=1S/C17H18N2O5/c1-18-13-5-4-11(7-12(13)8-16(18)22)14(20)10-24-17(23)9-19-6-2-3-15(19)21/h4-5,7H,2-3,6,8-10H2,1H3. The van der Waals surface area contributed by atoms with Gasteiger partial charge in [0.25, 0.3) is 0 Å². The number of rotatable bonds is 5. The highest BCUT2D eigenvalue weighted by atomic mass is 16.5. The highest BCUT2D eigenvalue weighted by Crippen LogP contribution is 2.28. The van der Waals surface area contributed by atoms with Crippen LogP contribution in [0.25, 0.3) is 0 Å². The fourth-order valence-corrected chi connectivity index (χ4v) is 2.95. The smallest absolute Gasteiger partial charge is 0.326 e. The quantitative estimate of drug-likeness (QED) is 0.582. The van der Waals surface area contributed by atoms with Gasteiger partial charge in [-0.2, -0.15) is 0 Å². The number of amides is 2. The first-order valence-electron chi connectivity index (χ1n) is 7.82. The number of ketones is 1. The van der Waals surface area contributed by atoms with Gasteiger partial charge in [0.05, 0.1) is 6.42 Å². The van der Waals surface area contributed by atoms with E-state index in [1.54, 1.807) is 30.1 Å². The SMILES string of the molecule is CN1C(=O)Cc2cc(C(=O)COC(=O)CN3CCCC3=O)ccc21. The van der Waals surface area contributed by atoms with Crippen molar-refractivity contribution in [2.45, 2.75) is 19.3 Å². The lowest BCUT2D eigenvalue weighted by Crippen LogP contribution is -2.32. The Labute approximate surface area is 139 Å². The number of hydrogen-bond donors (Lipinski definition) is 0. The second kappa shape index (κ2) is 6.43. The molecule has 2 amide bonds. The monoisotopic (exact) mass is 330 g/mol. The van der Waals surface area contributed by atoms with Gasteiger partial charge in [-0.05, 0) is 30.2 Å². The van der Waals surface area contributed by atoms with Crippen LogP contribution in [0, 0.1) is 0 Å². The van der Waals surface area contributed by atoms with E-state index in [4.69, 9.17) is 4.74 Å². The molecule has 0 saturated carbocycles. The van der Waals surface area contributed by atoms with E-state index in [0.29, 0.717) is 18.5 Å². The molecule has 1 saturated heterocycles. The first-order valence-corrected chi connectivity index (χ1v) is 7.82. The molecular formula is C17H18N2O5. The van der Waals surface area contributed by atoms with Gasteiger partial charge in [0.15, 0.2) is 12.4 Å². The minimum absolute atomic E-state index is 0.0173. The number of fused-ring (bicyclic) bond motifs is 1. The van der Waals surface area contributed by atoms with Crippen LogP contribution in [0.5, 0.6) is 0 Å². The Kier molecular flexibility index (Phi) is 4.33. The number of likely N-dealkylation sites (tertiary alicyclic amines) is 1. The number of carbonyl (C=O) groups excluding carboxylic acids is 4. The second-order valence-corrected chi connectivity index (χ2v) is 5.98. The van der Waals surface area contributed by atoms with E-state index in [1.807, 2.05) is 0 Å². The van der Waals surface area contributed by atoms with E-state index in [2.05, 4.69) is 0 Å². The first kappa shape index (κ1) is 16.2. The Morgan fingerprint density at radius 3 is 2.71 bits per heavy atom. The normalized spacial score (nSPS) is 16.5. The molecule has 0 aliphatic carbocycles. The van der Waals surface area contributed by atoms with Crippen molar-refractivity contribution in [3.8, 4) is 0 Å². The van der Waals surface area contributed by atoms with Crippen LogP contribution >= 0.6 is 0 Å². The van der Waals surface area contributed by atoms with E-state index in [9.17, 15) is 19.2 Å². The molecule has 2 heterocycles. The Morgan fingerprint density at radius 1 is 1.21 bits per heavy atom. The molecule has 0 atom stereocenters. The second-order valence-electron chi connectivity index (χ2n) is 5.98. The third-order valence-electron chi connectivity index (χ3n) is 4.33. The van der Waals surface area contributed by atoms with Crippen molar-refractivity contribution >= 4 is 29.3 Å². The Balaban J connectivity index is 1.56. The van der Waals surface area contributed by atoms with Crippen molar-refractivity contribution < 1.29 is 23.9 Å². The lowest BCUT2D eigenvalue weighted by atomic mass is 10.1. The van der Waals surface area contributed by atoms with Crippen molar-refractivity contribution in [3.05, 3.63) is 29.3 Å². The number of benzene rings is 1. The van der Waals surface area contributed by atoms with Crippen LogP contribution in [0.15, 0.2) is 18.2 Å². The summed E-state index contributed by atoms with van der Waals surface area (Å²) in [5, 5.41) is 0. The molecule has 1 fully saturated rings. The summed E-state index contributed by atoms with van der Waals surface area (Å²) in [4.78, 5) is 50.0. The summed E-state index contributed by atoms with van der Waals surface area (Å²) in [6.45, 7) is 0.0628. The molecule has 7 heteroatoms. The summed E-state index contributed by atoms with van der Waals surface area (Å²) >= 11 is 0. The molecule has 2 aliphatic rings. The van der Waals surface area contributed by atoms with Crippen molar-refractivity contribution in [2.24, 2.45) is 0 Å². The van der Waals surface area contributed by atoms with Gasteiger partial charge >= 0.3 is 5.97 Å². The highest BCUT2D eigenvalue weighted by Gasteiger charge is 2.26. The van der Waals surface area contributed by atoms with E-state index in [-0.39, 0.29) is 37.2 Å². The van der Waals surface area contributed by atoms with Crippen LogP contribution in [0.1, 0.15) is 28.8 Å². The Morgan fingerprint density at radius 2 is 2.00 bits per heavy atom. The van der Waals surface area contributed by atoms with Crippen LogP contribution in [0.3, 0.4) is 0 Å². The maximum Gasteiger partial charge on any atom is 0.326 e. The van der Waals surface area contributed by atoms with Crippen molar-refractivity contribution in [1.82, 2.24) is 4.90 Å². The summed E-state index contributed by atoms with van der Waals surface area (Å²) in [7, 11) is 1.69.